The van der Waals surface area contributed by atoms with Crippen molar-refractivity contribution in [2.45, 2.75) is 78.9 Å². The van der Waals surface area contributed by atoms with E-state index in [4.69, 9.17) is 18.6 Å². The molecule has 1 saturated heterocycles. The molecule has 1 unspecified atom stereocenters. The molecule has 0 N–H and O–H groups in total. The summed E-state index contributed by atoms with van der Waals surface area (Å²) in [5.74, 6) is -2.20. The Kier molecular flexibility index (Phi) is 5.96. The number of furan rings is 1. The Morgan fingerprint density at radius 2 is 1.89 bits per heavy atom. The molecule has 3 aliphatic carbocycles. The zero-order valence-electron chi connectivity index (χ0n) is 22.4. The van der Waals surface area contributed by atoms with Crippen molar-refractivity contribution >= 4 is 23.7 Å². The Morgan fingerprint density at radius 1 is 1.16 bits per heavy atom. The van der Waals surface area contributed by atoms with E-state index in [1.807, 2.05) is 26.8 Å². The van der Waals surface area contributed by atoms with Crippen LogP contribution in [0.5, 0.6) is 0 Å². The number of rotatable bonds is 4. The van der Waals surface area contributed by atoms with Crippen molar-refractivity contribution in [2.75, 3.05) is 7.11 Å². The molecule has 8 heteroatoms. The molecule has 4 aliphatic rings. The number of hydrogen-bond donors (Lipinski definition) is 0. The van der Waals surface area contributed by atoms with Gasteiger partial charge in [0.05, 0.1) is 32.0 Å². The third-order valence-corrected chi connectivity index (χ3v) is 10.1. The van der Waals surface area contributed by atoms with Crippen LogP contribution >= 0.6 is 0 Å². The third kappa shape index (κ3) is 3.62. The second kappa shape index (κ2) is 8.57. The summed E-state index contributed by atoms with van der Waals surface area (Å²) in [6.45, 7) is 9.43. The second-order valence-corrected chi connectivity index (χ2v) is 12.3. The molecular weight excluding hydrogens is 476 g/mol. The molecule has 5 rings (SSSR count). The number of esters is 3. The number of fused-ring (bicyclic) bond motifs is 5. The van der Waals surface area contributed by atoms with Gasteiger partial charge in [0.1, 0.15) is 18.0 Å². The van der Waals surface area contributed by atoms with Crippen molar-refractivity contribution in [3.8, 4) is 0 Å². The molecule has 2 saturated carbocycles. The number of ether oxygens (including phenoxy) is 3. The maximum Gasteiger partial charge on any atom is 0.310 e. The number of carbonyl (C=O) groups excluding carboxylic acids is 4. The molecule has 0 spiro atoms. The van der Waals surface area contributed by atoms with Crippen LogP contribution in [0.25, 0.3) is 0 Å². The lowest BCUT2D eigenvalue weighted by atomic mass is 9.40. The lowest BCUT2D eigenvalue weighted by molar-refractivity contribution is -0.197. The van der Waals surface area contributed by atoms with Gasteiger partial charge in [-0.1, -0.05) is 33.3 Å². The molecule has 0 aromatic carbocycles. The largest absolute Gasteiger partial charge is 0.472 e. The average Bonchev–Trinajstić information content (AvgIpc) is 3.36. The smallest absolute Gasteiger partial charge is 0.310 e. The van der Waals surface area contributed by atoms with Gasteiger partial charge in [-0.2, -0.15) is 0 Å². The Balaban J connectivity index is 1.69. The van der Waals surface area contributed by atoms with Gasteiger partial charge in [-0.15, -0.1) is 0 Å². The van der Waals surface area contributed by atoms with E-state index in [0.29, 0.717) is 6.42 Å². The highest BCUT2D eigenvalue weighted by molar-refractivity contribution is 5.92. The molecule has 8 nitrogen and oxygen atoms in total. The van der Waals surface area contributed by atoms with Crippen molar-refractivity contribution in [1.82, 2.24) is 0 Å². The number of Topliss-reactive ketones (excluding diaryl/α,β-unsaturated/α-hetero) is 1. The minimum absolute atomic E-state index is 0.0368. The standard InChI is InChI=1S/C29H36O8/c1-15(30)36-26-18-11-17-19(29(5,24(18)33)21(27(26,2)3)13-22(31)34-6)7-9-28(4)20(17)12-23(32)37-25(28)16-8-10-35-14-16/h8,10,14,18-19,21,25-26H,7,9,11-13H2,1-6H3/t18-,19?,21+,25+,26+,28-,29-/m1/s1. The molecule has 2 bridgehead atoms. The fourth-order valence-electron chi connectivity index (χ4n) is 8.37. The second-order valence-electron chi connectivity index (χ2n) is 12.3. The van der Waals surface area contributed by atoms with Gasteiger partial charge in [-0.05, 0) is 42.7 Å². The van der Waals surface area contributed by atoms with Crippen LogP contribution in [0.4, 0.5) is 0 Å². The predicted molar refractivity (Wildman–Crippen MR) is 131 cm³/mol. The molecule has 200 valence electrons. The topological polar surface area (TPSA) is 109 Å². The molecule has 1 aliphatic heterocycles. The summed E-state index contributed by atoms with van der Waals surface area (Å²) >= 11 is 0. The summed E-state index contributed by atoms with van der Waals surface area (Å²) in [5.41, 5.74) is 0.968. The van der Waals surface area contributed by atoms with Crippen molar-refractivity contribution in [1.29, 1.82) is 0 Å². The Hall–Kier alpha value is -2.90. The molecule has 7 atom stereocenters. The predicted octanol–water partition coefficient (Wildman–Crippen LogP) is 4.73. The summed E-state index contributed by atoms with van der Waals surface area (Å²) < 4.78 is 22.1. The van der Waals surface area contributed by atoms with Crippen LogP contribution in [-0.2, 0) is 33.4 Å². The zero-order valence-corrected chi connectivity index (χ0v) is 22.4. The first-order valence-corrected chi connectivity index (χ1v) is 13.1. The van der Waals surface area contributed by atoms with E-state index in [0.717, 1.165) is 29.6 Å². The van der Waals surface area contributed by atoms with Gasteiger partial charge in [0, 0.05) is 35.2 Å². The van der Waals surface area contributed by atoms with Crippen molar-refractivity contribution in [3.05, 3.63) is 35.3 Å². The first-order valence-electron chi connectivity index (χ1n) is 13.1. The van der Waals surface area contributed by atoms with Crippen LogP contribution in [0.2, 0.25) is 0 Å². The van der Waals surface area contributed by atoms with E-state index in [2.05, 4.69) is 6.92 Å². The summed E-state index contributed by atoms with van der Waals surface area (Å²) in [7, 11) is 1.35. The molecule has 0 radical (unpaired) electrons. The van der Waals surface area contributed by atoms with Crippen LogP contribution in [0.15, 0.2) is 34.2 Å². The highest BCUT2D eigenvalue weighted by Crippen LogP contribution is 2.68. The number of carbonyl (C=O) groups is 4. The first kappa shape index (κ1) is 25.7. The van der Waals surface area contributed by atoms with Crippen molar-refractivity contribution in [3.63, 3.8) is 0 Å². The summed E-state index contributed by atoms with van der Waals surface area (Å²) in [5, 5.41) is 0. The maximum atomic E-state index is 14.2. The van der Waals surface area contributed by atoms with Gasteiger partial charge < -0.3 is 18.6 Å². The summed E-state index contributed by atoms with van der Waals surface area (Å²) in [6.07, 6.45) is 4.12. The van der Waals surface area contributed by atoms with E-state index in [9.17, 15) is 19.2 Å². The summed E-state index contributed by atoms with van der Waals surface area (Å²) in [6, 6.07) is 1.83. The first-order chi connectivity index (χ1) is 17.4. The highest BCUT2D eigenvalue weighted by atomic mass is 16.6. The lowest BCUT2D eigenvalue weighted by Gasteiger charge is -2.63. The van der Waals surface area contributed by atoms with Crippen LogP contribution in [-0.4, -0.2) is 36.9 Å². The third-order valence-electron chi connectivity index (χ3n) is 10.1. The fraction of sp³-hybridized carbons (Fsp3) is 0.655. The van der Waals surface area contributed by atoms with E-state index in [1.165, 1.54) is 14.0 Å². The van der Waals surface area contributed by atoms with Gasteiger partial charge in [0.15, 0.2) is 0 Å². The van der Waals surface area contributed by atoms with Crippen LogP contribution in [0.3, 0.4) is 0 Å². The van der Waals surface area contributed by atoms with E-state index >= 15 is 0 Å². The highest BCUT2D eigenvalue weighted by Gasteiger charge is 2.68. The van der Waals surface area contributed by atoms with Gasteiger partial charge in [0.25, 0.3) is 0 Å². The van der Waals surface area contributed by atoms with Crippen LogP contribution in [0.1, 0.15) is 78.4 Å². The lowest BCUT2D eigenvalue weighted by Crippen LogP contribution is -2.66. The molecule has 1 aromatic rings. The van der Waals surface area contributed by atoms with E-state index in [1.54, 1.807) is 12.5 Å². The Morgan fingerprint density at radius 3 is 2.51 bits per heavy atom. The number of allylic oxidation sites excluding steroid dienone is 1. The number of ketones is 1. The van der Waals surface area contributed by atoms with Crippen LogP contribution in [0, 0.1) is 34.0 Å². The minimum Gasteiger partial charge on any atom is -0.472 e. The van der Waals surface area contributed by atoms with Crippen molar-refractivity contribution in [2.24, 2.45) is 34.0 Å². The monoisotopic (exact) mass is 512 g/mol. The van der Waals surface area contributed by atoms with Gasteiger partial charge in [0.2, 0.25) is 0 Å². The fourth-order valence-corrected chi connectivity index (χ4v) is 8.37. The molecule has 0 amide bonds. The summed E-state index contributed by atoms with van der Waals surface area (Å²) in [4.78, 5) is 52.0. The van der Waals surface area contributed by atoms with Crippen molar-refractivity contribution < 1.29 is 37.8 Å². The molecule has 3 fully saturated rings. The number of methoxy groups -OCH3 is 1. The van der Waals surface area contributed by atoms with Crippen LogP contribution < -0.4 is 0 Å². The van der Waals surface area contributed by atoms with E-state index in [-0.39, 0.29) is 30.5 Å². The molecule has 2 heterocycles. The molecular formula is C29H36O8. The normalized spacial score (nSPS) is 38.3. The van der Waals surface area contributed by atoms with E-state index < -0.39 is 52.2 Å². The maximum absolute atomic E-state index is 14.2. The van der Waals surface area contributed by atoms with Gasteiger partial charge in [-0.25, -0.2) is 0 Å². The SMILES string of the molecule is COC(=O)C[C@H]1C(C)(C)[C@@H](OC(C)=O)[C@@H]2CC3=C4CC(=O)O[C@@H](c5ccoc5)[C@]4(C)CCC3[C@@]1(C)C2=O. The number of hydrogen-bond acceptors (Lipinski definition) is 8. The quantitative estimate of drug-likeness (QED) is 0.324. The molecule has 37 heavy (non-hydrogen) atoms. The minimum atomic E-state index is -0.868. The average molecular weight is 513 g/mol. The Bertz CT molecular complexity index is 1180. The zero-order chi connectivity index (χ0) is 26.9. The Labute approximate surface area is 217 Å². The van der Waals surface area contributed by atoms with Gasteiger partial charge >= 0.3 is 17.9 Å². The number of cyclic esters (lactones) is 1. The van der Waals surface area contributed by atoms with Gasteiger partial charge in [-0.3, -0.25) is 19.2 Å². The molecule has 1 aromatic heterocycles.